The van der Waals surface area contributed by atoms with Crippen LogP contribution in [0.2, 0.25) is 0 Å². The molecule has 0 bridgehead atoms. The Morgan fingerprint density at radius 1 is 1.24 bits per heavy atom. The van der Waals surface area contributed by atoms with Crippen LogP contribution in [0, 0.1) is 0 Å². The molecule has 1 aliphatic carbocycles. The topological polar surface area (TPSA) is 128 Å². The van der Waals surface area contributed by atoms with Gasteiger partial charge in [0.1, 0.15) is 0 Å². The minimum absolute atomic E-state index is 0.0101. The quantitative estimate of drug-likeness (QED) is 0.369. The molecule has 0 aromatic rings. The van der Waals surface area contributed by atoms with Crippen LogP contribution in [-0.2, 0) is 9.59 Å². The zero-order valence-corrected chi connectivity index (χ0v) is 12.1. The maximum atomic E-state index is 11.4. The Bertz CT molecular complexity index is 393. The first-order valence-corrected chi connectivity index (χ1v) is 7.04. The lowest BCUT2D eigenvalue weighted by Crippen LogP contribution is -2.46. The number of carbonyl (C=O) groups excluding carboxylic acids is 2. The van der Waals surface area contributed by atoms with Crippen LogP contribution >= 0.6 is 0 Å². The zero-order chi connectivity index (χ0) is 15.9. The van der Waals surface area contributed by atoms with Crippen LogP contribution in [0.15, 0.2) is 0 Å². The molecule has 0 heterocycles. The molecular weight excluding hydrogens is 278 g/mol. The summed E-state index contributed by atoms with van der Waals surface area (Å²) in [4.78, 5) is 33.3. The Morgan fingerprint density at radius 3 is 2.48 bits per heavy atom. The van der Waals surface area contributed by atoms with Crippen molar-refractivity contribution in [2.75, 3.05) is 13.1 Å². The van der Waals surface area contributed by atoms with Crippen molar-refractivity contribution in [3.8, 4) is 0 Å². The highest BCUT2D eigenvalue weighted by Gasteiger charge is 2.25. The number of carboxylic acid groups (broad SMARTS) is 1. The first-order valence-electron chi connectivity index (χ1n) is 7.04. The molecule has 8 heteroatoms. The van der Waals surface area contributed by atoms with E-state index in [9.17, 15) is 19.5 Å². The molecule has 120 valence electrons. The van der Waals surface area contributed by atoms with E-state index in [-0.39, 0.29) is 12.5 Å². The third kappa shape index (κ3) is 8.85. The summed E-state index contributed by atoms with van der Waals surface area (Å²) in [5.74, 6) is -1.15. The van der Waals surface area contributed by atoms with Gasteiger partial charge in [-0.2, -0.15) is 0 Å². The lowest BCUT2D eigenvalue weighted by atomic mass is 10.0. The maximum absolute atomic E-state index is 11.4. The summed E-state index contributed by atoms with van der Waals surface area (Å²) in [5, 5.41) is 26.1. The number of aliphatic hydroxyl groups is 1. The summed E-state index contributed by atoms with van der Waals surface area (Å²) < 4.78 is 0. The first-order chi connectivity index (χ1) is 9.78. The minimum Gasteiger partial charge on any atom is -0.481 e. The van der Waals surface area contributed by atoms with Gasteiger partial charge in [0.25, 0.3) is 0 Å². The molecule has 1 fully saturated rings. The standard InChI is InChI=1S/C13H23N3O5/c1-13(21,7-11(18)19)8-15-12(20)14-6-2-3-10(17)16-9-4-5-9/h9,21H,2-8H2,1H3,(H,16,17)(H,18,19)(H2,14,15,20). The molecule has 0 aromatic heterocycles. The Kier molecular flexibility index (Phi) is 6.41. The predicted molar refractivity (Wildman–Crippen MR) is 74.7 cm³/mol. The van der Waals surface area contributed by atoms with E-state index in [1.807, 2.05) is 0 Å². The molecule has 1 atom stereocenters. The molecule has 1 rings (SSSR count). The third-order valence-electron chi connectivity index (χ3n) is 2.97. The number of aliphatic carboxylic acids is 1. The molecule has 1 unspecified atom stereocenters. The second-order valence-electron chi connectivity index (χ2n) is 5.62. The van der Waals surface area contributed by atoms with Crippen molar-refractivity contribution >= 4 is 17.9 Å². The van der Waals surface area contributed by atoms with Gasteiger partial charge in [0.15, 0.2) is 0 Å². The van der Waals surface area contributed by atoms with Crippen molar-refractivity contribution in [2.24, 2.45) is 0 Å². The Labute approximate surface area is 123 Å². The molecule has 21 heavy (non-hydrogen) atoms. The van der Waals surface area contributed by atoms with Crippen LogP contribution in [0.25, 0.3) is 0 Å². The Morgan fingerprint density at radius 2 is 1.90 bits per heavy atom. The van der Waals surface area contributed by atoms with Crippen molar-refractivity contribution < 1.29 is 24.6 Å². The van der Waals surface area contributed by atoms with Crippen molar-refractivity contribution in [3.05, 3.63) is 0 Å². The number of rotatable bonds is 9. The van der Waals surface area contributed by atoms with E-state index < -0.39 is 24.0 Å². The van der Waals surface area contributed by atoms with Crippen LogP contribution in [0.4, 0.5) is 4.79 Å². The van der Waals surface area contributed by atoms with E-state index in [2.05, 4.69) is 16.0 Å². The summed E-state index contributed by atoms with van der Waals surface area (Å²) in [5.41, 5.74) is -1.49. The predicted octanol–water partition coefficient (Wildman–Crippen LogP) is -0.430. The number of carbonyl (C=O) groups is 3. The van der Waals surface area contributed by atoms with Gasteiger partial charge in [0, 0.05) is 25.6 Å². The zero-order valence-electron chi connectivity index (χ0n) is 12.1. The second kappa shape index (κ2) is 7.82. The van der Waals surface area contributed by atoms with Crippen LogP contribution in [0.1, 0.15) is 39.0 Å². The molecule has 0 aliphatic heterocycles. The van der Waals surface area contributed by atoms with Gasteiger partial charge in [-0.15, -0.1) is 0 Å². The summed E-state index contributed by atoms with van der Waals surface area (Å²) in [6.07, 6.45) is 2.52. The van der Waals surface area contributed by atoms with Crippen LogP contribution < -0.4 is 16.0 Å². The lowest BCUT2D eigenvalue weighted by molar-refractivity contribution is -0.141. The Hall–Kier alpha value is -1.83. The highest BCUT2D eigenvalue weighted by Crippen LogP contribution is 2.18. The van der Waals surface area contributed by atoms with Crippen LogP contribution in [-0.4, -0.2) is 52.9 Å². The fourth-order valence-corrected chi connectivity index (χ4v) is 1.70. The van der Waals surface area contributed by atoms with E-state index in [1.54, 1.807) is 0 Å². The van der Waals surface area contributed by atoms with Crippen molar-refractivity contribution in [1.29, 1.82) is 0 Å². The van der Waals surface area contributed by atoms with Gasteiger partial charge in [-0.3, -0.25) is 9.59 Å². The molecular formula is C13H23N3O5. The van der Waals surface area contributed by atoms with E-state index >= 15 is 0 Å². The summed E-state index contributed by atoms with van der Waals surface area (Å²) in [6.45, 7) is 1.52. The van der Waals surface area contributed by atoms with Gasteiger partial charge in [-0.05, 0) is 26.2 Å². The summed E-state index contributed by atoms with van der Waals surface area (Å²) in [6, 6.07) is -0.159. The number of urea groups is 1. The first kappa shape index (κ1) is 17.2. The fraction of sp³-hybridized carbons (Fsp3) is 0.769. The lowest BCUT2D eigenvalue weighted by Gasteiger charge is -2.21. The number of amides is 3. The number of nitrogens with one attached hydrogen (secondary N) is 3. The van der Waals surface area contributed by atoms with Crippen LogP contribution in [0.3, 0.4) is 0 Å². The normalized spacial score (nSPS) is 16.7. The fourth-order valence-electron chi connectivity index (χ4n) is 1.70. The molecule has 0 spiro atoms. The van der Waals surface area contributed by atoms with Gasteiger partial charge in [0.05, 0.1) is 12.0 Å². The average molecular weight is 301 g/mol. The van der Waals surface area contributed by atoms with Crippen molar-refractivity contribution in [1.82, 2.24) is 16.0 Å². The number of hydrogen-bond donors (Lipinski definition) is 5. The van der Waals surface area contributed by atoms with Gasteiger partial charge in [-0.1, -0.05) is 0 Å². The smallest absolute Gasteiger partial charge is 0.314 e. The van der Waals surface area contributed by atoms with Crippen molar-refractivity contribution in [3.63, 3.8) is 0 Å². The molecule has 1 saturated carbocycles. The molecule has 3 amide bonds. The molecule has 1 aliphatic rings. The summed E-state index contributed by atoms with van der Waals surface area (Å²) in [7, 11) is 0. The van der Waals surface area contributed by atoms with Gasteiger partial charge < -0.3 is 26.2 Å². The SMILES string of the molecule is CC(O)(CNC(=O)NCCCC(=O)NC1CC1)CC(=O)O. The monoisotopic (exact) mass is 301 g/mol. The average Bonchev–Trinajstić information content (AvgIpc) is 3.14. The summed E-state index contributed by atoms with van der Waals surface area (Å²) >= 11 is 0. The maximum Gasteiger partial charge on any atom is 0.314 e. The number of carboxylic acids is 1. The molecule has 5 N–H and O–H groups in total. The van der Waals surface area contributed by atoms with Gasteiger partial charge >= 0.3 is 12.0 Å². The van der Waals surface area contributed by atoms with E-state index in [1.165, 1.54) is 6.92 Å². The van der Waals surface area contributed by atoms with E-state index in [0.717, 1.165) is 12.8 Å². The largest absolute Gasteiger partial charge is 0.481 e. The Balaban J connectivity index is 2.05. The van der Waals surface area contributed by atoms with Gasteiger partial charge in [0.2, 0.25) is 5.91 Å². The highest BCUT2D eigenvalue weighted by atomic mass is 16.4. The molecule has 0 saturated heterocycles. The van der Waals surface area contributed by atoms with E-state index in [0.29, 0.717) is 25.4 Å². The molecule has 8 nitrogen and oxygen atoms in total. The van der Waals surface area contributed by atoms with Crippen LogP contribution in [0.5, 0.6) is 0 Å². The molecule has 0 aromatic carbocycles. The minimum atomic E-state index is -1.49. The number of hydrogen-bond acceptors (Lipinski definition) is 4. The van der Waals surface area contributed by atoms with Crippen molar-refractivity contribution in [2.45, 2.75) is 50.7 Å². The second-order valence-corrected chi connectivity index (χ2v) is 5.62. The molecule has 0 radical (unpaired) electrons. The van der Waals surface area contributed by atoms with Gasteiger partial charge in [-0.25, -0.2) is 4.79 Å². The highest BCUT2D eigenvalue weighted by molar-refractivity contribution is 5.77. The third-order valence-corrected chi connectivity index (χ3v) is 2.97. The van der Waals surface area contributed by atoms with E-state index in [4.69, 9.17) is 5.11 Å².